The average molecular weight is 279 g/mol. The second-order valence-electron chi connectivity index (χ2n) is 4.63. The summed E-state index contributed by atoms with van der Waals surface area (Å²) in [5, 5.41) is 5.55. The summed E-state index contributed by atoms with van der Waals surface area (Å²) >= 11 is 1.78. The lowest BCUT2D eigenvalue weighted by atomic mass is 10.3. The molecule has 2 heterocycles. The van der Waals surface area contributed by atoms with Crippen LogP contribution in [0.1, 0.15) is 22.6 Å². The van der Waals surface area contributed by atoms with Crippen molar-refractivity contribution < 1.29 is 4.74 Å². The van der Waals surface area contributed by atoms with Crippen molar-refractivity contribution in [1.82, 2.24) is 9.55 Å². The number of hydrogen-bond acceptors (Lipinski definition) is 4. The highest BCUT2D eigenvalue weighted by Crippen LogP contribution is 2.17. The SMILES string of the molecule is COCCCn1cc(C)nc1NCc1sccc1C. The van der Waals surface area contributed by atoms with E-state index in [4.69, 9.17) is 4.74 Å². The molecule has 0 amide bonds. The van der Waals surface area contributed by atoms with Gasteiger partial charge in [0.05, 0.1) is 12.2 Å². The largest absolute Gasteiger partial charge is 0.385 e. The number of rotatable bonds is 7. The fourth-order valence-corrected chi connectivity index (χ4v) is 2.83. The smallest absolute Gasteiger partial charge is 0.203 e. The maximum Gasteiger partial charge on any atom is 0.203 e. The van der Waals surface area contributed by atoms with Crippen molar-refractivity contribution in [1.29, 1.82) is 0 Å². The minimum Gasteiger partial charge on any atom is -0.385 e. The molecule has 0 bridgehead atoms. The monoisotopic (exact) mass is 279 g/mol. The van der Waals surface area contributed by atoms with Crippen LogP contribution < -0.4 is 5.32 Å². The Morgan fingerprint density at radius 3 is 2.95 bits per heavy atom. The molecule has 104 valence electrons. The van der Waals surface area contributed by atoms with Gasteiger partial charge in [0.25, 0.3) is 0 Å². The number of hydrogen-bond donors (Lipinski definition) is 1. The molecule has 19 heavy (non-hydrogen) atoms. The molecule has 0 atom stereocenters. The lowest BCUT2D eigenvalue weighted by molar-refractivity contribution is 0.190. The Morgan fingerprint density at radius 2 is 2.26 bits per heavy atom. The zero-order valence-electron chi connectivity index (χ0n) is 11.8. The molecule has 2 aromatic rings. The minimum atomic E-state index is 0.778. The van der Waals surface area contributed by atoms with Gasteiger partial charge in [-0.05, 0) is 37.3 Å². The van der Waals surface area contributed by atoms with Gasteiger partial charge in [-0.2, -0.15) is 0 Å². The third-order valence-electron chi connectivity index (χ3n) is 3.02. The molecule has 0 radical (unpaired) electrons. The topological polar surface area (TPSA) is 39.1 Å². The van der Waals surface area contributed by atoms with Crippen LogP contribution in [0.5, 0.6) is 0 Å². The fraction of sp³-hybridized carbons (Fsp3) is 0.500. The van der Waals surface area contributed by atoms with Gasteiger partial charge in [0.1, 0.15) is 0 Å². The number of aryl methyl sites for hydroxylation is 3. The molecule has 0 spiro atoms. The van der Waals surface area contributed by atoms with E-state index in [0.717, 1.165) is 37.8 Å². The zero-order valence-corrected chi connectivity index (χ0v) is 12.6. The number of imidazole rings is 1. The first kappa shape index (κ1) is 14.1. The Balaban J connectivity index is 1.97. The third kappa shape index (κ3) is 3.81. The molecule has 0 aliphatic carbocycles. The van der Waals surface area contributed by atoms with E-state index < -0.39 is 0 Å². The van der Waals surface area contributed by atoms with Gasteiger partial charge < -0.3 is 14.6 Å². The molecular weight excluding hydrogens is 258 g/mol. The predicted molar refractivity (Wildman–Crippen MR) is 79.8 cm³/mol. The van der Waals surface area contributed by atoms with Crippen LogP contribution in [0.3, 0.4) is 0 Å². The molecule has 0 aliphatic heterocycles. The molecule has 5 heteroatoms. The molecular formula is C14H21N3OS. The summed E-state index contributed by atoms with van der Waals surface area (Å²) in [6, 6.07) is 2.15. The lowest BCUT2D eigenvalue weighted by Crippen LogP contribution is -2.08. The van der Waals surface area contributed by atoms with Crippen molar-refractivity contribution in [3.8, 4) is 0 Å². The van der Waals surface area contributed by atoms with Gasteiger partial charge in [-0.3, -0.25) is 0 Å². The Kier molecular flexibility index (Phi) is 4.99. The molecule has 0 saturated heterocycles. The minimum absolute atomic E-state index is 0.778. The molecule has 2 aromatic heterocycles. The predicted octanol–water partition coefficient (Wildman–Crippen LogP) is 3.21. The van der Waals surface area contributed by atoms with Gasteiger partial charge in [0.15, 0.2) is 0 Å². The molecule has 1 N–H and O–H groups in total. The van der Waals surface area contributed by atoms with Crippen LogP contribution >= 0.6 is 11.3 Å². The zero-order chi connectivity index (χ0) is 13.7. The number of thiophene rings is 1. The average Bonchev–Trinajstić information content (AvgIpc) is 2.94. The third-order valence-corrected chi connectivity index (χ3v) is 4.04. The van der Waals surface area contributed by atoms with Gasteiger partial charge in [0, 0.05) is 31.3 Å². The number of ether oxygens (including phenoxy) is 1. The number of anilines is 1. The molecule has 2 rings (SSSR count). The van der Waals surface area contributed by atoms with Gasteiger partial charge in [-0.15, -0.1) is 11.3 Å². The summed E-state index contributed by atoms with van der Waals surface area (Å²) in [7, 11) is 1.73. The van der Waals surface area contributed by atoms with Crippen molar-refractivity contribution in [2.75, 3.05) is 19.0 Å². The molecule has 0 unspecified atom stereocenters. The van der Waals surface area contributed by atoms with E-state index in [2.05, 4.69) is 39.4 Å². The maximum atomic E-state index is 5.09. The van der Waals surface area contributed by atoms with E-state index >= 15 is 0 Å². The number of nitrogens with zero attached hydrogens (tertiary/aromatic N) is 2. The van der Waals surface area contributed by atoms with E-state index in [9.17, 15) is 0 Å². The number of methoxy groups -OCH3 is 1. The Bertz CT molecular complexity index is 518. The van der Waals surface area contributed by atoms with Crippen LogP contribution in [-0.4, -0.2) is 23.3 Å². The maximum absolute atomic E-state index is 5.09. The van der Waals surface area contributed by atoms with Crippen molar-refractivity contribution in [2.24, 2.45) is 0 Å². The summed E-state index contributed by atoms with van der Waals surface area (Å²) in [5.41, 5.74) is 2.38. The highest BCUT2D eigenvalue weighted by Gasteiger charge is 2.06. The molecule has 0 saturated carbocycles. The number of nitrogens with one attached hydrogen (secondary N) is 1. The van der Waals surface area contributed by atoms with Crippen LogP contribution in [0.2, 0.25) is 0 Å². The number of aromatic nitrogens is 2. The van der Waals surface area contributed by atoms with E-state index in [1.54, 1.807) is 18.4 Å². The van der Waals surface area contributed by atoms with Crippen molar-refractivity contribution >= 4 is 17.3 Å². The van der Waals surface area contributed by atoms with Gasteiger partial charge in [-0.1, -0.05) is 0 Å². The summed E-state index contributed by atoms with van der Waals surface area (Å²) < 4.78 is 7.26. The van der Waals surface area contributed by atoms with Crippen LogP contribution in [0.4, 0.5) is 5.95 Å². The second kappa shape index (κ2) is 6.73. The molecule has 0 aliphatic rings. The highest BCUT2D eigenvalue weighted by atomic mass is 32.1. The fourth-order valence-electron chi connectivity index (χ4n) is 1.98. The van der Waals surface area contributed by atoms with Crippen LogP contribution in [0.15, 0.2) is 17.6 Å². The highest BCUT2D eigenvalue weighted by molar-refractivity contribution is 7.10. The van der Waals surface area contributed by atoms with E-state index in [-0.39, 0.29) is 0 Å². The van der Waals surface area contributed by atoms with Crippen LogP contribution in [-0.2, 0) is 17.8 Å². The van der Waals surface area contributed by atoms with Gasteiger partial charge in [0.2, 0.25) is 5.95 Å². The van der Waals surface area contributed by atoms with Crippen LogP contribution in [0.25, 0.3) is 0 Å². The Morgan fingerprint density at radius 1 is 1.42 bits per heavy atom. The second-order valence-corrected chi connectivity index (χ2v) is 5.63. The first-order valence-corrected chi connectivity index (χ1v) is 7.38. The van der Waals surface area contributed by atoms with E-state index in [1.807, 2.05) is 6.92 Å². The summed E-state index contributed by atoms with van der Waals surface area (Å²) in [6.45, 7) is 6.71. The van der Waals surface area contributed by atoms with E-state index in [1.165, 1.54) is 10.4 Å². The lowest BCUT2D eigenvalue weighted by Gasteiger charge is -2.09. The molecule has 0 aromatic carbocycles. The van der Waals surface area contributed by atoms with Gasteiger partial charge in [-0.25, -0.2) is 4.98 Å². The first-order valence-electron chi connectivity index (χ1n) is 6.50. The summed E-state index contributed by atoms with van der Waals surface area (Å²) in [4.78, 5) is 5.90. The normalized spacial score (nSPS) is 10.9. The first-order chi connectivity index (χ1) is 9.20. The quantitative estimate of drug-likeness (QED) is 0.791. The van der Waals surface area contributed by atoms with Crippen LogP contribution in [0, 0.1) is 13.8 Å². The standard InChI is InChI=1S/C14H21N3OS/c1-11-5-8-19-13(11)9-15-14-16-12(2)10-17(14)6-4-7-18-3/h5,8,10H,4,6-7,9H2,1-3H3,(H,15,16). The van der Waals surface area contributed by atoms with Gasteiger partial charge >= 0.3 is 0 Å². The Labute approximate surface area is 118 Å². The van der Waals surface area contributed by atoms with Crippen molar-refractivity contribution in [3.05, 3.63) is 33.8 Å². The van der Waals surface area contributed by atoms with E-state index in [0.29, 0.717) is 0 Å². The van der Waals surface area contributed by atoms with Crippen molar-refractivity contribution in [2.45, 2.75) is 33.4 Å². The molecule has 4 nitrogen and oxygen atoms in total. The Hall–Kier alpha value is -1.33. The molecule has 0 fully saturated rings. The summed E-state index contributed by atoms with van der Waals surface area (Å²) in [5.74, 6) is 0.946. The van der Waals surface area contributed by atoms with Crippen molar-refractivity contribution in [3.63, 3.8) is 0 Å². The summed E-state index contributed by atoms with van der Waals surface area (Å²) in [6.07, 6.45) is 3.08.